The van der Waals surface area contributed by atoms with Gasteiger partial charge in [-0.25, -0.2) is 4.79 Å². The van der Waals surface area contributed by atoms with E-state index < -0.39 is 0 Å². The second-order valence-electron chi connectivity index (χ2n) is 5.97. The van der Waals surface area contributed by atoms with Crippen LogP contribution in [0.3, 0.4) is 0 Å². The van der Waals surface area contributed by atoms with Crippen LogP contribution in [0.4, 0.5) is 0 Å². The molecule has 0 amide bonds. The zero-order chi connectivity index (χ0) is 15.9. The molecule has 1 heterocycles. The Balaban J connectivity index is 1.75. The highest BCUT2D eigenvalue weighted by Crippen LogP contribution is 2.20. The Bertz CT molecular complexity index is 493. The molecule has 22 heavy (non-hydrogen) atoms. The number of rotatable bonds is 5. The van der Waals surface area contributed by atoms with E-state index in [4.69, 9.17) is 9.57 Å². The summed E-state index contributed by atoms with van der Waals surface area (Å²) in [6.45, 7) is 5.60. The number of piperidine rings is 1. The SMILES string of the molecule is CC(C)COC(=O)C1CCN(OC(=O)c2ccccc2)CC1. The van der Waals surface area contributed by atoms with Crippen molar-refractivity contribution >= 4 is 11.9 Å². The van der Waals surface area contributed by atoms with Crippen molar-refractivity contribution in [2.45, 2.75) is 26.7 Å². The number of esters is 1. The van der Waals surface area contributed by atoms with Crippen LogP contribution in [-0.2, 0) is 14.4 Å². The maximum absolute atomic E-state index is 12.0. The van der Waals surface area contributed by atoms with Gasteiger partial charge in [0.05, 0.1) is 18.1 Å². The highest BCUT2D eigenvalue weighted by molar-refractivity contribution is 5.89. The predicted molar refractivity (Wildman–Crippen MR) is 82.0 cm³/mol. The molecule has 1 aliphatic heterocycles. The lowest BCUT2D eigenvalue weighted by Gasteiger charge is -2.29. The Hall–Kier alpha value is -1.88. The Morgan fingerprint density at radius 1 is 1.18 bits per heavy atom. The van der Waals surface area contributed by atoms with Gasteiger partial charge in [0.15, 0.2) is 0 Å². The van der Waals surface area contributed by atoms with Gasteiger partial charge in [0, 0.05) is 13.1 Å². The molecular weight excluding hydrogens is 282 g/mol. The Kier molecular flexibility index (Phi) is 5.95. The van der Waals surface area contributed by atoms with Crippen molar-refractivity contribution in [3.8, 4) is 0 Å². The van der Waals surface area contributed by atoms with Gasteiger partial charge >= 0.3 is 11.9 Å². The Labute approximate surface area is 131 Å². The zero-order valence-corrected chi connectivity index (χ0v) is 13.2. The van der Waals surface area contributed by atoms with E-state index in [1.165, 1.54) is 0 Å². The summed E-state index contributed by atoms with van der Waals surface area (Å²) in [6.07, 6.45) is 1.30. The Morgan fingerprint density at radius 2 is 1.82 bits per heavy atom. The zero-order valence-electron chi connectivity index (χ0n) is 13.2. The van der Waals surface area contributed by atoms with Gasteiger partial charge in [-0.1, -0.05) is 32.0 Å². The van der Waals surface area contributed by atoms with Crippen molar-refractivity contribution in [2.75, 3.05) is 19.7 Å². The summed E-state index contributed by atoms with van der Waals surface area (Å²) in [5, 5.41) is 1.63. The van der Waals surface area contributed by atoms with E-state index in [1.807, 2.05) is 19.9 Å². The molecule has 2 rings (SSSR count). The minimum absolute atomic E-state index is 0.0922. The van der Waals surface area contributed by atoms with Crippen LogP contribution in [0.2, 0.25) is 0 Å². The molecule has 0 bridgehead atoms. The van der Waals surface area contributed by atoms with Gasteiger partial charge in [0.2, 0.25) is 0 Å². The van der Waals surface area contributed by atoms with Gasteiger partial charge in [-0.2, -0.15) is 0 Å². The van der Waals surface area contributed by atoms with Crippen LogP contribution in [-0.4, -0.2) is 36.7 Å². The summed E-state index contributed by atoms with van der Waals surface area (Å²) < 4.78 is 5.26. The summed E-state index contributed by atoms with van der Waals surface area (Å²) >= 11 is 0. The Morgan fingerprint density at radius 3 is 2.41 bits per heavy atom. The summed E-state index contributed by atoms with van der Waals surface area (Å²) in [7, 11) is 0. The molecule has 5 heteroatoms. The van der Waals surface area contributed by atoms with E-state index in [2.05, 4.69) is 0 Å². The van der Waals surface area contributed by atoms with Crippen molar-refractivity contribution in [2.24, 2.45) is 11.8 Å². The number of carbonyl (C=O) groups is 2. The lowest BCUT2D eigenvalue weighted by molar-refractivity contribution is -0.159. The maximum Gasteiger partial charge on any atom is 0.357 e. The highest BCUT2D eigenvalue weighted by Gasteiger charge is 2.28. The largest absolute Gasteiger partial charge is 0.465 e. The molecule has 0 spiro atoms. The van der Waals surface area contributed by atoms with Crippen molar-refractivity contribution < 1.29 is 19.2 Å². The number of nitrogens with zero attached hydrogens (tertiary/aromatic N) is 1. The second-order valence-corrected chi connectivity index (χ2v) is 5.97. The van der Waals surface area contributed by atoms with Crippen LogP contribution in [0.1, 0.15) is 37.0 Å². The third-order valence-corrected chi connectivity index (χ3v) is 3.57. The molecule has 1 aromatic carbocycles. The lowest BCUT2D eigenvalue weighted by Crippen LogP contribution is -2.38. The monoisotopic (exact) mass is 305 g/mol. The summed E-state index contributed by atoms with van der Waals surface area (Å²) in [4.78, 5) is 29.2. The fourth-order valence-electron chi connectivity index (χ4n) is 2.29. The summed E-state index contributed by atoms with van der Waals surface area (Å²) in [5.41, 5.74) is 0.529. The van der Waals surface area contributed by atoms with Crippen LogP contribution in [0, 0.1) is 11.8 Å². The van der Waals surface area contributed by atoms with E-state index in [9.17, 15) is 9.59 Å². The lowest BCUT2D eigenvalue weighted by atomic mass is 9.98. The first-order valence-electron chi connectivity index (χ1n) is 7.75. The molecule has 120 valence electrons. The number of carbonyl (C=O) groups excluding carboxylic acids is 2. The highest BCUT2D eigenvalue weighted by atomic mass is 16.7. The molecule has 0 aliphatic carbocycles. The molecule has 0 saturated carbocycles. The molecule has 1 saturated heterocycles. The average Bonchev–Trinajstić information content (AvgIpc) is 2.54. The molecule has 0 atom stereocenters. The minimum atomic E-state index is -0.360. The van der Waals surface area contributed by atoms with Gasteiger partial charge in [0.1, 0.15) is 0 Å². The molecule has 0 aromatic heterocycles. The first-order chi connectivity index (χ1) is 10.6. The van der Waals surface area contributed by atoms with Crippen LogP contribution in [0.5, 0.6) is 0 Å². The number of benzene rings is 1. The van der Waals surface area contributed by atoms with E-state index in [1.54, 1.807) is 29.3 Å². The summed E-state index contributed by atoms with van der Waals surface area (Å²) in [5.74, 6) is -0.245. The topological polar surface area (TPSA) is 55.8 Å². The molecule has 0 N–H and O–H groups in total. The van der Waals surface area contributed by atoms with Crippen molar-refractivity contribution in [1.82, 2.24) is 5.06 Å². The van der Waals surface area contributed by atoms with Gasteiger partial charge in [-0.15, -0.1) is 5.06 Å². The van der Waals surface area contributed by atoms with E-state index in [0.29, 0.717) is 44.0 Å². The van der Waals surface area contributed by atoms with Crippen molar-refractivity contribution in [3.63, 3.8) is 0 Å². The first-order valence-corrected chi connectivity index (χ1v) is 7.75. The second kappa shape index (κ2) is 7.94. The molecule has 0 radical (unpaired) electrons. The predicted octanol–water partition coefficient (Wildman–Crippen LogP) is 2.67. The van der Waals surface area contributed by atoms with Crippen molar-refractivity contribution in [1.29, 1.82) is 0 Å². The number of ether oxygens (including phenoxy) is 1. The quantitative estimate of drug-likeness (QED) is 0.783. The van der Waals surface area contributed by atoms with Gasteiger partial charge < -0.3 is 9.57 Å². The molecule has 0 unspecified atom stereocenters. The molecule has 1 aromatic rings. The fraction of sp³-hybridized carbons (Fsp3) is 0.529. The van der Waals surface area contributed by atoms with E-state index in [0.717, 1.165) is 0 Å². The third-order valence-electron chi connectivity index (χ3n) is 3.57. The summed E-state index contributed by atoms with van der Waals surface area (Å²) in [6, 6.07) is 8.89. The number of hydroxylamine groups is 2. The molecule has 1 fully saturated rings. The van der Waals surface area contributed by atoms with Gasteiger partial charge in [-0.3, -0.25) is 4.79 Å². The first kappa shape index (κ1) is 16.5. The van der Waals surface area contributed by atoms with Crippen LogP contribution < -0.4 is 0 Å². The van der Waals surface area contributed by atoms with Gasteiger partial charge in [0.25, 0.3) is 0 Å². The van der Waals surface area contributed by atoms with Crippen molar-refractivity contribution in [3.05, 3.63) is 35.9 Å². The van der Waals surface area contributed by atoms with Crippen LogP contribution in [0.15, 0.2) is 30.3 Å². The molecular formula is C17H23NO4. The third kappa shape index (κ3) is 4.84. The smallest absolute Gasteiger partial charge is 0.357 e. The number of hydrogen-bond donors (Lipinski definition) is 0. The van der Waals surface area contributed by atoms with Crippen LogP contribution in [0.25, 0.3) is 0 Å². The molecule has 1 aliphatic rings. The van der Waals surface area contributed by atoms with E-state index >= 15 is 0 Å². The standard InChI is InChI=1S/C17H23NO4/c1-13(2)12-21-16(19)15-8-10-18(11-9-15)22-17(20)14-6-4-3-5-7-14/h3-7,13,15H,8-12H2,1-2H3. The normalized spacial score (nSPS) is 16.5. The maximum atomic E-state index is 12.0. The average molecular weight is 305 g/mol. The number of hydrogen-bond acceptors (Lipinski definition) is 5. The molecule has 5 nitrogen and oxygen atoms in total. The minimum Gasteiger partial charge on any atom is -0.465 e. The van der Waals surface area contributed by atoms with E-state index in [-0.39, 0.29) is 17.9 Å². The van der Waals surface area contributed by atoms with Crippen LogP contribution >= 0.6 is 0 Å². The fourth-order valence-corrected chi connectivity index (χ4v) is 2.29. The van der Waals surface area contributed by atoms with Gasteiger partial charge in [-0.05, 0) is 30.9 Å².